The molecule has 2 fully saturated rings. The number of carbonyl (C=O) groups excluding carboxylic acids is 1. The highest BCUT2D eigenvalue weighted by atomic mass is 16.5. The molecule has 0 unspecified atom stereocenters. The van der Waals surface area contributed by atoms with E-state index in [9.17, 15) is 4.79 Å². The number of aryl methyl sites for hydroxylation is 1. The van der Waals surface area contributed by atoms with Crippen molar-refractivity contribution in [3.8, 4) is 5.75 Å². The Morgan fingerprint density at radius 2 is 2.22 bits per heavy atom. The van der Waals surface area contributed by atoms with E-state index >= 15 is 0 Å². The van der Waals surface area contributed by atoms with E-state index in [2.05, 4.69) is 24.9 Å². The second kappa shape index (κ2) is 7.80. The van der Waals surface area contributed by atoms with Crippen molar-refractivity contribution in [3.05, 3.63) is 29.3 Å². The summed E-state index contributed by atoms with van der Waals surface area (Å²) >= 11 is 0. The van der Waals surface area contributed by atoms with Gasteiger partial charge in [0.05, 0.1) is 18.6 Å². The van der Waals surface area contributed by atoms with Gasteiger partial charge in [0.1, 0.15) is 5.75 Å². The number of benzene rings is 1. The van der Waals surface area contributed by atoms with Crippen molar-refractivity contribution >= 4 is 5.91 Å². The van der Waals surface area contributed by atoms with Crippen LogP contribution in [0.4, 0.5) is 0 Å². The Hall–Kier alpha value is -1.59. The molecule has 0 saturated carbocycles. The molecule has 5 heteroatoms. The lowest BCUT2D eigenvalue weighted by Gasteiger charge is -2.58. The molecule has 0 radical (unpaired) electrons. The normalized spacial score (nSPS) is 24.2. The largest absolute Gasteiger partial charge is 0.493 e. The number of rotatable bonds is 5. The van der Waals surface area contributed by atoms with Gasteiger partial charge in [0, 0.05) is 26.3 Å². The summed E-state index contributed by atoms with van der Waals surface area (Å²) in [7, 11) is 2.21. The third-order valence-corrected chi connectivity index (χ3v) is 6.56. The van der Waals surface area contributed by atoms with Crippen LogP contribution < -0.4 is 4.74 Å². The van der Waals surface area contributed by atoms with E-state index in [1.54, 1.807) is 0 Å². The zero-order chi connectivity index (χ0) is 18.9. The molecule has 5 nitrogen and oxygen atoms in total. The fourth-order valence-electron chi connectivity index (χ4n) is 4.86. The van der Waals surface area contributed by atoms with Crippen LogP contribution in [0.2, 0.25) is 0 Å². The van der Waals surface area contributed by atoms with E-state index in [4.69, 9.17) is 9.47 Å². The predicted molar refractivity (Wildman–Crippen MR) is 105 cm³/mol. The monoisotopic (exact) mass is 372 g/mol. The van der Waals surface area contributed by atoms with Gasteiger partial charge in [-0.05, 0) is 69.3 Å². The van der Waals surface area contributed by atoms with E-state index in [0.29, 0.717) is 12.3 Å². The molecule has 3 heterocycles. The summed E-state index contributed by atoms with van der Waals surface area (Å²) in [6.07, 6.45) is 4.95. The number of likely N-dealkylation sites (tertiary alicyclic amines) is 2. The van der Waals surface area contributed by atoms with Gasteiger partial charge < -0.3 is 14.4 Å². The topological polar surface area (TPSA) is 42.0 Å². The van der Waals surface area contributed by atoms with Crippen LogP contribution in [0.25, 0.3) is 0 Å². The van der Waals surface area contributed by atoms with E-state index < -0.39 is 0 Å². The highest BCUT2D eigenvalue weighted by Crippen LogP contribution is 2.38. The zero-order valence-electron chi connectivity index (χ0n) is 16.7. The molecule has 0 N–H and O–H groups in total. The van der Waals surface area contributed by atoms with Gasteiger partial charge in [0.2, 0.25) is 5.91 Å². The molecule has 1 amide bonds. The summed E-state index contributed by atoms with van der Waals surface area (Å²) in [6.45, 7) is 7.33. The van der Waals surface area contributed by atoms with Crippen molar-refractivity contribution in [2.24, 2.45) is 5.92 Å². The van der Waals surface area contributed by atoms with Crippen LogP contribution in [0.3, 0.4) is 0 Å². The fraction of sp³-hybridized carbons (Fsp3) is 0.682. The van der Waals surface area contributed by atoms with E-state index in [1.165, 1.54) is 12.0 Å². The number of ether oxygens (including phenoxy) is 2. The van der Waals surface area contributed by atoms with Gasteiger partial charge in [0.15, 0.2) is 0 Å². The predicted octanol–water partition coefficient (Wildman–Crippen LogP) is 2.51. The van der Waals surface area contributed by atoms with Crippen LogP contribution in [0, 0.1) is 5.92 Å². The van der Waals surface area contributed by atoms with Gasteiger partial charge in [-0.1, -0.05) is 12.1 Å². The van der Waals surface area contributed by atoms with Crippen molar-refractivity contribution in [2.45, 2.75) is 44.6 Å². The van der Waals surface area contributed by atoms with E-state index in [1.807, 2.05) is 17.0 Å². The number of amides is 1. The molecule has 2 saturated heterocycles. The van der Waals surface area contributed by atoms with Crippen molar-refractivity contribution in [2.75, 3.05) is 46.5 Å². The molecule has 0 bridgehead atoms. The summed E-state index contributed by atoms with van der Waals surface area (Å²) in [5, 5.41) is 0. The summed E-state index contributed by atoms with van der Waals surface area (Å²) in [5.41, 5.74) is 2.52. The van der Waals surface area contributed by atoms with E-state index in [0.717, 1.165) is 70.0 Å². The maximum Gasteiger partial charge on any atom is 0.227 e. The first-order chi connectivity index (χ1) is 13.1. The lowest BCUT2D eigenvalue weighted by atomic mass is 9.75. The van der Waals surface area contributed by atoms with Gasteiger partial charge in [0.25, 0.3) is 0 Å². The molecule has 3 aliphatic rings. The number of fused-ring (bicyclic) bond motifs is 1. The minimum Gasteiger partial charge on any atom is -0.493 e. The van der Waals surface area contributed by atoms with Crippen molar-refractivity contribution in [3.63, 3.8) is 0 Å². The maximum atomic E-state index is 12.8. The van der Waals surface area contributed by atoms with Crippen LogP contribution in [0.15, 0.2) is 18.2 Å². The summed E-state index contributed by atoms with van der Waals surface area (Å²) in [5.74, 6) is 1.86. The molecule has 27 heavy (non-hydrogen) atoms. The zero-order valence-corrected chi connectivity index (χ0v) is 16.7. The smallest absolute Gasteiger partial charge is 0.227 e. The van der Waals surface area contributed by atoms with Gasteiger partial charge in [-0.2, -0.15) is 0 Å². The average Bonchev–Trinajstić information content (AvgIpc) is 2.65. The maximum absolute atomic E-state index is 12.8. The Bertz CT molecular complexity index is 682. The van der Waals surface area contributed by atoms with Gasteiger partial charge in [-0.3, -0.25) is 9.69 Å². The van der Waals surface area contributed by atoms with Crippen molar-refractivity contribution < 1.29 is 14.3 Å². The van der Waals surface area contributed by atoms with Crippen molar-refractivity contribution in [1.82, 2.24) is 9.80 Å². The van der Waals surface area contributed by atoms with Crippen LogP contribution in [0.5, 0.6) is 5.75 Å². The molecule has 0 aliphatic carbocycles. The molecule has 3 aliphatic heterocycles. The molecular weight excluding hydrogens is 340 g/mol. The summed E-state index contributed by atoms with van der Waals surface area (Å²) in [4.78, 5) is 17.3. The average molecular weight is 373 g/mol. The Balaban J connectivity index is 1.34. The lowest BCUT2D eigenvalue weighted by Crippen LogP contribution is -2.72. The standard InChI is InChI=1S/C22H32N2O3/c1-3-26-14-18-8-9-23(2)22(13-18)15-24(16-22)21(25)12-17-6-7-20-19(11-17)5-4-10-27-20/h6-7,11,18H,3-5,8-10,12-16H2,1-2H3/t18-/m1/s1. The second-order valence-corrected chi connectivity index (χ2v) is 8.48. The minimum atomic E-state index is 0.166. The second-order valence-electron chi connectivity index (χ2n) is 8.48. The summed E-state index contributed by atoms with van der Waals surface area (Å²) < 4.78 is 11.3. The fourth-order valence-corrected chi connectivity index (χ4v) is 4.86. The van der Waals surface area contributed by atoms with E-state index in [-0.39, 0.29) is 11.4 Å². The molecule has 148 valence electrons. The minimum absolute atomic E-state index is 0.166. The number of likely N-dealkylation sites (N-methyl/N-ethyl adjacent to an activating group) is 1. The number of carbonyl (C=O) groups is 1. The number of nitrogens with zero attached hydrogens (tertiary/aromatic N) is 2. The first-order valence-electron chi connectivity index (χ1n) is 10.4. The number of piperidine rings is 1. The first kappa shape index (κ1) is 18.8. The van der Waals surface area contributed by atoms with Gasteiger partial charge in [-0.15, -0.1) is 0 Å². The Labute approximate surface area is 162 Å². The molecule has 1 spiro atoms. The molecule has 1 aromatic rings. The van der Waals surface area contributed by atoms with Gasteiger partial charge >= 0.3 is 0 Å². The van der Waals surface area contributed by atoms with Gasteiger partial charge in [-0.25, -0.2) is 0 Å². The molecule has 4 rings (SSSR count). The summed E-state index contributed by atoms with van der Waals surface area (Å²) in [6, 6.07) is 6.23. The molecule has 0 aromatic heterocycles. The van der Waals surface area contributed by atoms with Crippen LogP contribution in [-0.4, -0.2) is 67.7 Å². The third kappa shape index (κ3) is 3.85. The SMILES string of the molecule is CCOC[C@@H]1CCN(C)C2(C1)CN(C(=O)Cc1ccc3c(c1)CCCO3)C2. The van der Waals surface area contributed by atoms with Crippen LogP contribution in [-0.2, 0) is 22.4 Å². The first-order valence-corrected chi connectivity index (χ1v) is 10.4. The molecular formula is C22H32N2O3. The Kier molecular flexibility index (Phi) is 5.42. The van der Waals surface area contributed by atoms with Crippen LogP contribution in [0.1, 0.15) is 37.3 Å². The lowest BCUT2D eigenvalue weighted by molar-refractivity contribution is -0.150. The molecule has 1 aromatic carbocycles. The van der Waals surface area contributed by atoms with Crippen LogP contribution >= 0.6 is 0 Å². The number of hydrogen-bond acceptors (Lipinski definition) is 4. The highest BCUT2D eigenvalue weighted by Gasteiger charge is 2.50. The molecule has 1 atom stereocenters. The quantitative estimate of drug-likeness (QED) is 0.797. The van der Waals surface area contributed by atoms with Crippen molar-refractivity contribution in [1.29, 1.82) is 0 Å². The number of hydrogen-bond donors (Lipinski definition) is 0. The Morgan fingerprint density at radius 3 is 3.04 bits per heavy atom. The Morgan fingerprint density at radius 1 is 1.37 bits per heavy atom. The third-order valence-electron chi connectivity index (χ3n) is 6.56. The highest BCUT2D eigenvalue weighted by molar-refractivity contribution is 5.80.